The van der Waals surface area contributed by atoms with Gasteiger partial charge in [0.25, 0.3) is 5.91 Å². The number of nitrogens with zero attached hydrogens (tertiary/aromatic N) is 4. The fourth-order valence-corrected chi connectivity index (χ4v) is 4.29. The second-order valence-electron chi connectivity index (χ2n) is 8.96. The maximum absolute atomic E-state index is 13.2. The van der Waals surface area contributed by atoms with Gasteiger partial charge in [-0.2, -0.15) is 5.10 Å². The number of carbonyl (C=O) groups is 2. The molecule has 3 heterocycles. The maximum Gasteiger partial charge on any atom is 0.326 e. The van der Waals surface area contributed by atoms with E-state index in [9.17, 15) is 9.59 Å². The van der Waals surface area contributed by atoms with Crippen molar-refractivity contribution in [3.8, 4) is 5.75 Å². The van der Waals surface area contributed by atoms with Gasteiger partial charge in [-0.15, -0.1) is 12.4 Å². The SMILES string of the molecule is Cc1nn(C)c2nc(CCN3CCCC3)c(C(=O)NC(=O)Nc3cccc(OC(C)C)c3)cc12.Cl. The first kappa shape index (κ1) is 26.4. The van der Waals surface area contributed by atoms with Gasteiger partial charge in [0, 0.05) is 37.2 Å². The zero-order chi connectivity index (χ0) is 24.2. The first-order valence-electron chi connectivity index (χ1n) is 11.7. The largest absolute Gasteiger partial charge is 0.491 e. The van der Waals surface area contributed by atoms with Gasteiger partial charge < -0.3 is 15.0 Å². The fraction of sp³-hybridized carbons (Fsp3) is 0.440. The van der Waals surface area contributed by atoms with E-state index in [-0.39, 0.29) is 18.5 Å². The van der Waals surface area contributed by atoms with Crippen molar-refractivity contribution in [2.24, 2.45) is 7.05 Å². The van der Waals surface area contributed by atoms with Crippen LogP contribution in [-0.2, 0) is 13.5 Å². The molecule has 188 valence electrons. The average Bonchev–Trinajstić information content (AvgIpc) is 3.39. The summed E-state index contributed by atoms with van der Waals surface area (Å²) < 4.78 is 7.39. The molecule has 1 saturated heterocycles. The van der Waals surface area contributed by atoms with Crippen molar-refractivity contribution in [1.82, 2.24) is 25.0 Å². The quantitative estimate of drug-likeness (QED) is 0.506. The molecule has 0 spiro atoms. The van der Waals surface area contributed by atoms with Gasteiger partial charge in [0.2, 0.25) is 0 Å². The Kier molecular flexibility index (Phi) is 8.69. The predicted molar refractivity (Wildman–Crippen MR) is 139 cm³/mol. The van der Waals surface area contributed by atoms with E-state index in [0.717, 1.165) is 36.4 Å². The third kappa shape index (κ3) is 6.49. The van der Waals surface area contributed by atoms with E-state index in [1.807, 2.05) is 33.9 Å². The summed E-state index contributed by atoms with van der Waals surface area (Å²) in [7, 11) is 1.84. The molecule has 9 nitrogen and oxygen atoms in total. The second-order valence-corrected chi connectivity index (χ2v) is 8.96. The molecule has 4 rings (SSSR count). The zero-order valence-corrected chi connectivity index (χ0v) is 21.4. The standard InChI is InChI=1S/C25H32N6O3.ClH/c1-16(2)34-19-9-7-8-18(14-19)26-25(33)28-24(32)21-15-20-17(3)29-30(4)23(20)27-22(21)10-13-31-11-5-6-12-31;/h7-9,14-16H,5-6,10-13H2,1-4H3,(H2,26,28,32,33);1H. The predicted octanol–water partition coefficient (Wildman–Crippen LogP) is 4.09. The van der Waals surface area contributed by atoms with Crippen LogP contribution in [0.1, 0.15) is 48.4 Å². The minimum atomic E-state index is -0.611. The number of halogens is 1. The normalized spacial score (nSPS) is 13.6. The van der Waals surface area contributed by atoms with Crippen molar-refractivity contribution >= 4 is 41.1 Å². The van der Waals surface area contributed by atoms with Crippen LogP contribution in [0.25, 0.3) is 11.0 Å². The summed E-state index contributed by atoms with van der Waals surface area (Å²) in [6.07, 6.45) is 3.04. The van der Waals surface area contributed by atoms with E-state index in [0.29, 0.717) is 29.1 Å². The maximum atomic E-state index is 13.2. The number of nitrogens with one attached hydrogen (secondary N) is 2. The number of pyridine rings is 1. The molecular weight excluding hydrogens is 468 g/mol. The van der Waals surface area contributed by atoms with Crippen molar-refractivity contribution in [2.75, 3.05) is 25.0 Å². The van der Waals surface area contributed by atoms with Gasteiger partial charge in [-0.3, -0.25) is 14.8 Å². The molecule has 10 heteroatoms. The van der Waals surface area contributed by atoms with Crippen molar-refractivity contribution in [3.05, 3.63) is 47.3 Å². The molecule has 1 aliphatic heterocycles. The first-order valence-corrected chi connectivity index (χ1v) is 11.7. The Morgan fingerprint density at radius 2 is 1.91 bits per heavy atom. The van der Waals surface area contributed by atoms with E-state index in [1.54, 1.807) is 28.9 Å². The van der Waals surface area contributed by atoms with Crippen LogP contribution in [0.3, 0.4) is 0 Å². The summed E-state index contributed by atoms with van der Waals surface area (Å²) in [5.74, 6) is 0.159. The van der Waals surface area contributed by atoms with Crippen LogP contribution in [0.15, 0.2) is 30.3 Å². The third-order valence-corrected chi connectivity index (χ3v) is 5.88. The number of imide groups is 1. The molecular formula is C25H33ClN6O3. The molecule has 35 heavy (non-hydrogen) atoms. The van der Waals surface area contributed by atoms with Gasteiger partial charge >= 0.3 is 6.03 Å². The highest BCUT2D eigenvalue weighted by Crippen LogP contribution is 2.22. The Hall–Kier alpha value is -3.17. The van der Waals surface area contributed by atoms with E-state index in [1.165, 1.54) is 12.8 Å². The number of aryl methyl sites for hydroxylation is 2. The Balaban J connectivity index is 0.00000342. The number of aromatic nitrogens is 3. The lowest BCUT2D eigenvalue weighted by Gasteiger charge is -2.16. The third-order valence-electron chi connectivity index (χ3n) is 5.88. The highest BCUT2D eigenvalue weighted by molar-refractivity contribution is 6.09. The summed E-state index contributed by atoms with van der Waals surface area (Å²) >= 11 is 0. The molecule has 3 aromatic rings. The molecule has 0 bridgehead atoms. The van der Waals surface area contributed by atoms with E-state index < -0.39 is 11.9 Å². The Bertz CT molecular complexity index is 1200. The van der Waals surface area contributed by atoms with Gasteiger partial charge in [-0.05, 0) is 64.9 Å². The molecule has 0 unspecified atom stereocenters. The van der Waals surface area contributed by atoms with Crippen LogP contribution in [0.5, 0.6) is 5.75 Å². The number of amides is 3. The van der Waals surface area contributed by atoms with E-state index in [2.05, 4.69) is 20.6 Å². The smallest absolute Gasteiger partial charge is 0.326 e. The molecule has 2 aromatic heterocycles. The number of likely N-dealkylation sites (tertiary alicyclic amines) is 1. The second kappa shape index (κ2) is 11.5. The molecule has 3 amide bonds. The minimum absolute atomic E-state index is 0. The molecule has 1 aliphatic rings. The molecule has 1 aromatic carbocycles. The van der Waals surface area contributed by atoms with Crippen LogP contribution in [0, 0.1) is 6.92 Å². The molecule has 0 aliphatic carbocycles. The van der Waals surface area contributed by atoms with Crippen LogP contribution in [0.2, 0.25) is 0 Å². The summed E-state index contributed by atoms with van der Waals surface area (Å²) in [6, 6.07) is 8.25. The van der Waals surface area contributed by atoms with Crippen molar-refractivity contribution in [2.45, 2.75) is 46.1 Å². The van der Waals surface area contributed by atoms with Gasteiger partial charge in [0.05, 0.1) is 23.1 Å². The molecule has 0 atom stereocenters. The summed E-state index contributed by atoms with van der Waals surface area (Å²) in [4.78, 5) is 32.9. The summed E-state index contributed by atoms with van der Waals surface area (Å²) in [6.45, 7) is 8.70. The summed E-state index contributed by atoms with van der Waals surface area (Å²) in [5, 5.41) is 10.4. The number of ether oxygens (including phenoxy) is 1. The Morgan fingerprint density at radius 1 is 1.17 bits per heavy atom. The molecule has 0 radical (unpaired) electrons. The number of carbonyl (C=O) groups excluding carboxylic acids is 2. The topological polar surface area (TPSA) is 101 Å². The van der Waals surface area contributed by atoms with Gasteiger partial charge in [-0.25, -0.2) is 9.78 Å². The fourth-order valence-electron chi connectivity index (χ4n) is 4.29. The van der Waals surface area contributed by atoms with Crippen molar-refractivity contribution in [1.29, 1.82) is 0 Å². The van der Waals surface area contributed by atoms with Crippen molar-refractivity contribution < 1.29 is 14.3 Å². The van der Waals surface area contributed by atoms with E-state index >= 15 is 0 Å². The minimum Gasteiger partial charge on any atom is -0.491 e. The summed E-state index contributed by atoms with van der Waals surface area (Å²) in [5.41, 5.74) is 3.12. The van der Waals surface area contributed by atoms with Crippen LogP contribution in [0.4, 0.5) is 10.5 Å². The molecule has 2 N–H and O–H groups in total. The molecule has 1 fully saturated rings. The number of hydrogen-bond acceptors (Lipinski definition) is 6. The number of fused-ring (bicyclic) bond motifs is 1. The van der Waals surface area contributed by atoms with Crippen LogP contribution < -0.4 is 15.4 Å². The number of hydrogen-bond donors (Lipinski definition) is 2. The Labute approximate surface area is 211 Å². The number of benzene rings is 1. The first-order chi connectivity index (χ1) is 16.3. The number of anilines is 1. The van der Waals surface area contributed by atoms with Crippen LogP contribution >= 0.6 is 12.4 Å². The zero-order valence-electron chi connectivity index (χ0n) is 20.6. The molecule has 0 saturated carbocycles. The average molecular weight is 501 g/mol. The number of urea groups is 1. The highest BCUT2D eigenvalue weighted by Gasteiger charge is 2.21. The lowest BCUT2D eigenvalue weighted by molar-refractivity contribution is 0.0965. The lowest BCUT2D eigenvalue weighted by Crippen LogP contribution is -2.35. The highest BCUT2D eigenvalue weighted by atomic mass is 35.5. The Morgan fingerprint density at radius 3 is 2.63 bits per heavy atom. The van der Waals surface area contributed by atoms with Gasteiger partial charge in [0.1, 0.15) is 5.75 Å². The van der Waals surface area contributed by atoms with Crippen LogP contribution in [-0.4, -0.2) is 57.3 Å². The van der Waals surface area contributed by atoms with Gasteiger partial charge in [0.15, 0.2) is 5.65 Å². The monoisotopic (exact) mass is 500 g/mol. The number of rotatable bonds is 7. The van der Waals surface area contributed by atoms with Gasteiger partial charge in [-0.1, -0.05) is 6.07 Å². The van der Waals surface area contributed by atoms with E-state index in [4.69, 9.17) is 9.72 Å². The lowest BCUT2D eigenvalue weighted by atomic mass is 10.1. The van der Waals surface area contributed by atoms with Crippen molar-refractivity contribution in [3.63, 3.8) is 0 Å².